The summed E-state index contributed by atoms with van der Waals surface area (Å²) >= 11 is 0. The van der Waals surface area contributed by atoms with Crippen LogP contribution in [0.2, 0.25) is 0 Å². The summed E-state index contributed by atoms with van der Waals surface area (Å²) in [5.74, 6) is 4.99. The van der Waals surface area contributed by atoms with Gasteiger partial charge in [0.2, 0.25) is 5.91 Å². The number of likely N-dealkylation sites (tertiary alicyclic amines) is 1. The van der Waals surface area contributed by atoms with E-state index in [1.54, 1.807) is 0 Å². The molecule has 0 aromatic carbocycles. The fourth-order valence-corrected chi connectivity index (χ4v) is 2.74. The lowest BCUT2D eigenvalue weighted by Crippen LogP contribution is -2.40. The van der Waals surface area contributed by atoms with Crippen molar-refractivity contribution in [3.05, 3.63) is 0 Å². The highest BCUT2D eigenvalue weighted by atomic mass is 16.2. The van der Waals surface area contributed by atoms with Gasteiger partial charge in [-0.2, -0.15) is 0 Å². The molecule has 4 nitrogen and oxygen atoms in total. The Morgan fingerprint density at radius 2 is 1.88 bits per heavy atom. The van der Waals surface area contributed by atoms with Crippen LogP contribution < -0.4 is 11.3 Å². The Balaban J connectivity index is 2.21. The van der Waals surface area contributed by atoms with Crippen molar-refractivity contribution in [3.63, 3.8) is 0 Å². The third-order valence-corrected chi connectivity index (χ3v) is 4.46. The van der Waals surface area contributed by atoms with E-state index in [2.05, 4.69) is 24.2 Å². The number of carbonyl (C=O) groups is 1. The number of carbonyl (C=O) groups excluding carboxylic acids is 1. The van der Waals surface area contributed by atoms with Gasteiger partial charge in [-0.05, 0) is 44.3 Å². The van der Waals surface area contributed by atoms with E-state index in [0.717, 1.165) is 13.0 Å². The third-order valence-electron chi connectivity index (χ3n) is 4.46. The summed E-state index contributed by atoms with van der Waals surface area (Å²) in [4.78, 5) is 13.5. The molecule has 0 atom stereocenters. The first kappa shape index (κ1) is 14.5. The summed E-state index contributed by atoms with van der Waals surface area (Å²) in [7, 11) is 0. The Hall–Kier alpha value is -0.610. The molecule has 1 aliphatic heterocycles. The average Bonchev–Trinajstić information content (AvgIpc) is 2.39. The molecule has 0 aliphatic carbocycles. The molecule has 0 radical (unpaired) electrons. The van der Waals surface area contributed by atoms with Gasteiger partial charge in [-0.3, -0.25) is 10.2 Å². The highest BCUT2D eigenvalue weighted by Gasteiger charge is 2.30. The molecule has 0 saturated carbocycles. The van der Waals surface area contributed by atoms with Crippen LogP contribution in [0.1, 0.15) is 52.4 Å². The molecular formula is C13H27N3O. The van der Waals surface area contributed by atoms with Gasteiger partial charge in [0.1, 0.15) is 0 Å². The van der Waals surface area contributed by atoms with Crippen LogP contribution in [0.15, 0.2) is 0 Å². The van der Waals surface area contributed by atoms with Crippen LogP contribution in [0, 0.1) is 5.41 Å². The van der Waals surface area contributed by atoms with E-state index < -0.39 is 0 Å². The van der Waals surface area contributed by atoms with Gasteiger partial charge in [0.15, 0.2) is 0 Å². The molecule has 1 heterocycles. The molecule has 1 fully saturated rings. The van der Waals surface area contributed by atoms with Crippen molar-refractivity contribution >= 4 is 5.91 Å². The molecule has 3 N–H and O–H groups in total. The van der Waals surface area contributed by atoms with E-state index in [-0.39, 0.29) is 5.91 Å². The van der Waals surface area contributed by atoms with Gasteiger partial charge in [0.25, 0.3) is 0 Å². The fourth-order valence-electron chi connectivity index (χ4n) is 2.74. The van der Waals surface area contributed by atoms with Crippen molar-refractivity contribution < 1.29 is 4.79 Å². The first-order valence-corrected chi connectivity index (χ1v) is 6.87. The summed E-state index contributed by atoms with van der Waals surface area (Å²) in [5.41, 5.74) is 2.77. The van der Waals surface area contributed by atoms with Gasteiger partial charge in [-0.25, -0.2) is 5.84 Å². The lowest BCUT2D eigenvalue weighted by molar-refractivity contribution is -0.121. The van der Waals surface area contributed by atoms with Gasteiger partial charge in [0.05, 0.1) is 0 Å². The van der Waals surface area contributed by atoms with Crippen molar-refractivity contribution in [3.8, 4) is 0 Å². The van der Waals surface area contributed by atoms with E-state index in [1.807, 2.05) is 0 Å². The van der Waals surface area contributed by atoms with E-state index in [1.165, 1.54) is 38.8 Å². The second kappa shape index (κ2) is 6.97. The number of hydrazine groups is 1. The fraction of sp³-hybridized carbons (Fsp3) is 0.923. The summed E-state index contributed by atoms with van der Waals surface area (Å²) < 4.78 is 0. The highest BCUT2D eigenvalue weighted by molar-refractivity contribution is 5.75. The summed E-state index contributed by atoms with van der Waals surface area (Å²) in [6.07, 6.45) is 6.67. The number of nitrogens with two attached hydrogens (primary N) is 1. The average molecular weight is 241 g/mol. The van der Waals surface area contributed by atoms with Gasteiger partial charge in [-0.15, -0.1) is 0 Å². The Bertz CT molecular complexity index is 229. The number of nitrogens with zero attached hydrogens (tertiary/aromatic N) is 1. The van der Waals surface area contributed by atoms with Gasteiger partial charge in [-0.1, -0.05) is 26.7 Å². The maximum Gasteiger partial charge on any atom is 0.233 e. The molecule has 1 saturated heterocycles. The zero-order valence-corrected chi connectivity index (χ0v) is 11.3. The molecule has 1 amide bonds. The number of piperidine rings is 1. The Labute approximate surface area is 105 Å². The second-order valence-corrected chi connectivity index (χ2v) is 5.22. The van der Waals surface area contributed by atoms with Crippen LogP contribution >= 0.6 is 0 Å². The van der Waals surface area contributed by atoms with Crippen LogP contribution in [0.3, 0.4) is 0 Å². The van der Waals surface area contributed by atoms with Crippen molar-refractivity contribution in [2.24, 2.45) is 11.3 Å². The highest BCUT2D eigenvalue weighted by Crippen LogP contribution is 2.37. The molecule has 0 spiro atoms. The summed E-state index contributed by atoms with van der Waals surface area (Å²) in [5, 5.41) is 0. The van der Waals surface area contributed by atoms with Gasteiger partial charge >= 0.3 is 0 Å². The quantitative estimate of drug-likeness (QED) is 0.422. The maximum atomic E-state index is 11.0. The van der Waals surface area contributed by atoms with Gasteiger partial charge < -0.3 is 4.90 Å². The van der Waals surface area contributed by atoms with Crippen LogP contribution in [-0.2, 0) is 4.79 Å². The molecule has 1 rings (SSSR count). The van der Waals surface area contributed by atoms with Crippen LogP contribution in [0.4, 0.5) is 0 Å². The van der Waals surface area contributed by atoms with Gasteiger partial charge in [0, 0.05) is 6.42 Å². The smallest absolute Gasteiger partial charge is 0.233 e. The number of amides is 1. The van der Waals surface area contributed by atoms with E-state index >= 15 is 0 Å². The Kier molecular flexibility index (Phi) is 5.92. The van der Waals surface area contributed by atoms with Crippen LogP contribution in [0.5, 0.6) is 0 Å². The molecule has 0 unspecified atom stereocenters. The SMILES string of the molecule is CCC1(CC)CCN(CCCC(=O)NN)CC1. The number of nitrogens with one attached hydrogen (secondary N) is 1. The predicted molar refractivity (Wildman–Crippen MR) is 70.3 cm³/mol. The lowest BCUT2D eigenvalue weighted by Gasteiger charge is -2.41. The molecule has 0 aromatic heterocycles. The van der Waals surface area contributed by atoms with Crippen LogP contribution in [-0.4, -0.2) is 30.4 Å². The van der Waals surface area contributed by atoms with E-state index in [9.17, 15) is 4.79 Å². The van der Waals surface area contributed by atoms with Crippen molar-refractivity contribution in [1.82, 2.24) is 10.3 Å². The molecule has 1 aliphatic rings. The summed E-state index contributed by atoms with van der Waals surface area (Å²) in [6.45, 7) is 8.02. The molecule has 0 bridgehead atoms. The van der Waals surface area contributed by atoms with E-state index in [4.69, 9.17) is 5.84 Å². The molecule has 0 aromatic rings. The number of hydrogen-bond acceptors (Lipinski definition) is 3. The van der Waals surface area contributed by atoms with Crippen LogP contribution in [0.25, 0.3) is 0 Å². The largest absolute Gasteiger partial charge is 0.303 e. The molecule has 100 valence electrons. The van der Waals surface area contributed by atoms with E-state index in [0.29, 0.717) is 11.8 Å². The topological polar surface area (TPSA) is 58.4 Å². The Morgan fingerprint density at radius 3 is 2.35 bits per heavy atom. The maximum absolute atomic E-state index is 11.0. The minimum atomic E-state index is -0.0570. The number of rotatable bonds is 6. The summed E-state index contributed by atoms with van der Waals surface area (Å²) in [6, 6.07) is 0. The zero-order valence-electron chi connectivity index (χ0n) is 11.3. The van der Waals surface area contributed by atoms with Crippen molar-refractivity contribution in [2.45, 2.75) is 52.4 Å². The minimum absolute atomic E-state index is 0.0570. The first-order valence-electron chi connectivity index (χ1n) is 6.87. The normalized spacial score (nSPS) is 20.2. The van der Waals surface area contributed by atoms with Crippen molar-refractivity contribution in [2.75, 3.05) is 19.6 Å². The zero-order chi connectivity index (χ0) is 12.7. The predicted octanol–water partition coefficient (Wildman–Crippen LogP) is 1.66. The Morgan fingerprint density at radius 1 is 1.29 bits per heavy atom. The lowest BCUT2D eigenvalue weighted by atomic mass is 9.74. The minimum Gasteiger partial charge on any atom is -0.303 e. The monoisotopic (exact) mass is 241 g/mol. The third kappa shape index (κ3) is 4.28. The standard InChI is InChI=1S/C13H27N3O/c1-3-13(4-2)7-10-16(11-8-13)9-5-6-12(17)15-14/h3-11,14H2,1-2H3,(H,15,17). The second-order valence-electron chi connectivity index (χ2n) is 5.22. The molecule has 4 heteroatoms. The molecular weight excluding hydrogens is 214 g/mol. The first-order chi connectivity index (χ1) is 8.15. The molecule has 17 heavy (non-hydrogen) atoms. The van der Waals surface area contributed by atoms with Crippen molar-refractivity contribution in [1.29, 1.82) is 0 Å². The number of hydrogen-bond donors (Lipinski definition) is 2.